The first kappa shape index (κ1) is 90.2. The van der Waals surface area contributed by atoms with Crippen molar-refractivity contribution in [1.29, 1.82) is 0 Å². The summed E-state index contributed by atoms with van der Waals surface area (Å²) < 4.78 is 0. The van der Waals surface area contributed by atoms with Crippen LogP contribution in [0.4, 0.5) is 0 Å². The van der Waals surface area contributed by atoms with Crippen LogP contribution in [0.15, 0.2) is 0 Å². The van der Waals surface area contributed by atoms with E-state index >= 15 is 0 Å². The standard InChI is InChI=1S/C110H146P4/c1-51-59(9)81(31)103(82(32)60(51)10)111(104-83(33)61(11)52(2)62(12)84(104)34)47-97-77(27)75(25)78(28)98(48-112(105-85(35)63(13)53(3)64(14)86(105)36)106-87(37)65(15)54(4)66(16)88(106)38)101(97)102-99(49-113(107-89(39)67(17)55(5)68(18)90(107)40)108-91(41)69(19)56(6)70(20)92(108)42)79(29)76(26)80(30)100(102)50-114(109-93(43)71(21)57(7)72(22)94(109)44)110-95(45)73(23)58(8)74(24)96(110)46/h47-50H2,1-46H3. The molecule has 0 aliphatic rings. The molecule has 0 amide bonds. The van der Waals surface area contributed by atoms with Crippen molar-refractivity contribution in [2.24, 2.45) is 0 Å². The summed E-state index contributed by atoms with van der Waals surface area (Å²) in [6.45, 7) is 114. The minimum absolute atomic E-state index is 0.915. The van der Waals surface area contributed by atoms with Crippen LogP contribution in [0.25, 0.3) is 11.1 Å². The zero-order valence-corrected chi connectivity index (χ0v) is 84.2. The number of hydrogen-bond acceptors (Lipinski definition) is 0. The lowest BCUT2D eigenvalue weighted by Gasteiger charge is -2.37. The molecule has 0 unspecified atom stereocenters. The Kier molecular flexibility index (Phi) is 26.3. The van der Waals surface area contributed by atoms with Crippen LogP contribution >= 0.6 is 31.7 Å². The topological polar surface area (TPSA) is 0 Å². The van der Waals surface area contributed by atoms with Gasteiger partial charge in [-0.05, 0) is 682 Å². The van der Waals surface area contributed by atoms with Crippen molar-refractivity contribution in [3.05, 3.63) is 278 Å². The molecule has 0 heterocycles. The molecule has 0 saturated carbocycles. The van der Waals surface area contributed by atoms with Crippen molar-refractivity contribution in [2.45, 2.75) is 343 Å². The van der Waals surface area contributed by atoms with Gasteiger partial charge in [-0.3, -0.25) is 0 Å². The van der Waals surface area contributed by atoms with Crippen molar-refractivity contribution < 1.29 is 0 Å². The van der Waals surface area contributed by atoms with Crippen molar-refractivity contribution in [1.82, 2.24) is 0 Å². The maximum atomic E-state index is 2.61. The predicted molar refractivity (Wildman–Crippen MR) is 521 cm³/mol. The highest BCUT2D eigenvalue weighted by atomic mass is 31.1. The molecule has 0 N–H and O–H groups in total. The van der Waals surface area contributed by atoms with E-state index in [2.05, 4.69) is 318 Å². The van der Waals surface area contributed by atoms with E-state index in [1.54, 1.807) is 75.8 Å². The maximum Gasteiger partial charge on any atom is 0.00168 e. The number of rotatable bonds is 17. The molecule has 0 bridgehead atoms. The molecule has 0 nitrogen and oxygen atoms in total. The molecule has 0 aliphatic carbocycles. The molecule has 0 spiro atoms. The van der Waals surface area contributed by atoms with Crippen LogP contribution < -0.4 is 42.4 Å². The molecule has 4 heteroatoms. The molecular weight excluding hydrogens is 1450 g/mol. The molecule has 0 aliphatic heterocycles. The van der Waals surface area contributed by atoms with Gasteiger partial charge in [-0.15, -0.1) is 0 Å². The lowest BCUT2D eigenvalue weighted by Crippen LogP contribution is -2.28. The van der Waals surface area contributed by atoms with Gasteiger partial charge in [0.1, 0.15) is 0 Å². The Hall–Kier alpha value is -6.08. The summed E-state index contributed by atoms with van der Waals surface area (Å²) in [5.74, 6) is 0. The number of hydrogen-bond donors (Lipinski definition) is 0. The Labute approximate surface area is 701 Å². The zero-order valence-electron chi connectivity index (χ0n) is 80.6. The fraction of sp³-hybridized carbons (Fsp3) is 0.455. The van der Waals surface area contributed by atoms with E-state index < -0.39 is 31.7 Å². The lowest BCUT2D eigenvalue weighted by molar-refractivity contribution is 1.11. The van der Waals surface area contributed by atoms with Crippen LogP contribution in [-0.4, -0.2) is 0 Å². The quantitative estimate of drug-likeness (QED) is 0.0797. The molecule has 0 saturated heterocycles. The first-order chi connectivity index (χ1) is 52.8. The van der Waals surface area contributed by atoms with E-state index in [4.69, 9.17) is 0 Å². The van der Waals surface area contributed by atoms with Crippen molar-refractivity contribution in [2.75, 3.05) is 0 Å². The highest BCUT2D eigenvalue weighted by molar-refractivity contribution is 7.74. The lowest BCUT2D eigenvalue weighted by atomic mass is 9.80. The molecule has 0 fully saturated rings. The van der Waals surface area contributed by atoms with Gasteiger partial charge in [0, 0.05) is 24.6 Å². The highest BCUT2D eigenvalue weighted by Gasteiger charge is 2.39. The monoisotopic (exact) mass is 1590 g/mol. The van der Waals surface area contributed by atoms with Gasteiger partial charge in [-0.25, -0.2) is 0 Å². The largest absolute Gasteiger partial charge is 0.0447 e. The smallest absolute Gasteiger partial charge is 0.00168 e. The van der Waals surface area contributed by atoms with Gasteiger partial charge < -0.3 is 0 Å². The third-order valence-electron chi connectivity index (χ3n) is 32.6. The van der Waals surface area contributed by atoms with Gasteiger partial charge in [0.25, 0.3) is 0 Å². The second-order valence-electron chi connectivity index (χ2n) is 36.5. The van der Waals surface area contributed by atoms with Gasteiger partial charge in [-0.1, -0.05) is 0 Å². The fourth-order valence-corrected chi connectivity index (χ4v) is 34.9. The summed E-state index contributed by atoms with van der Waals surface area (Å²) in [6, 6.07) is 0. The summed E-state index contributed by atoms with van der Waals surface area (Å²) in [7, 11) is -4.37. The molecular formula is C110H146P4. The summed E-state index contributed by atoms with van der Waals surface area (Å²) in [5, 5.41) is 12.7. The average Bonchev–Trinajstić information content (AvgIpc) is 0.696. The third-order valence-corrected chi connectivity index (χ3v) is 44.8. The van der Waals surface area contributed by atoms with E-state index in [-0.39, 0.29) is 0 Å². The maximum absolute atomic E-state index is 2.61. The van der Waals surface area contributed by atoms with Crippen LogP contribution in [0, 0.1) is 318 Å². The Balaban J connectivity index is 1.61. The zero-order chi connectivity index (χ0) is 85.8. The minimum Gasteiger partial charge on any atom is -0.0447 e. The second kappa shape index (κ2) is 33.3. The molecule has 606 valence electrons. The van der Waals surface area contributed by atoms with E-state index in [0.29, 0.717) is 0 Å². The van der Waals surface area contributed by atoms with Gasteiger partial charge in [0.2, 0.25) is 0 Å². The number of benzene rings is 10. The molecule has 114 heavy (non-hydrogen) atoms. The Morgan fingerprint density at radius 3 is 0.254 bits per heavy atom. The van der Waals surface area contributed by atoms with E-state index in [1.165, 1.54) is 256 Å². The van der Waals surface area contributed by atoms with E-state index in [1.807, 2.05) is 0 Å². The summed E-state index contributed by atoms with van der Waals surface area (Å²) >= 11 is 0. The van der Waals surface area contributed by atoms with E-state index in [9.17, 15) is 0 Å². The van der Waals surface area contributed by atoms with Crippen LogP contribution in [-0.2, 0) is 24.6 Å². The van der Waals surface area contributed by atoms with Crippen LogP contribution in [0.5, 0.6) is 0 Å². The molecule has 10 aromatic rings. The van der Waals surface area contributed by atoms with Crippen molar-refractivity contribution >= 4 is 74.1 Å². The molecule has 0 radical (unpaired) electrons. The molecule has 0 aromatic heterocycles. The van der Waals surface area contributed by atoms with Gasteiger partial charge in [0.15, 0.2) is 0 Å². The van der Waals surface area contributed by atoms with Crippen molar-refractivity contribution in [3.63, 3.8) is 0 Å². The first-order valence-electron chi connectivity index (χ1n) is 42.7. The Morgan fingerprint density at radius 2 is 0.167 bits per heavy atom. The molecule has 10 rings (SSSR count). The first-order valence-corrected chi connectivity index (χ1v) is 48.8. The SMILES string of the molecule is Cc1c(C)c(C)c(P(Cc2c(C)c(C)c(C)c(CP(c3c(C)c(C)c(C)c(C)c3C)c3c(C)c(C)c(C)c(C)c3C)c2-c2c(CP(c3c(C)c(C)c(C)c(C)c3C)c3c(C)c(C)c(C)c(C)c3C)c(C)c(C)c(C)c2CP(c2c(C)c(C)c(C)c(C)c2C)c2c(C)c(C)c(C)c(C)c2C)c2c(C)c(C)c(C)c(C)c2C)c(C)c1C. The average molecular weight is 1590 g/mol. The van der Waals surface area contributed by atoms with Gasteiger partial charge in [0.05, 0.1) is 0 Å². The molecule has 0 atom stereocenters. The van der Waals surface area contributed by atoms with E-state index in [0.717, 1.165) is 24.6 Å². The normalized spacial score (nSPS) is 12.1. The van der Waals surface area contributed by atoms with Gasteiger partial charge in [-0.2, -0.15) is 0 Å². The molecule has 10 aromatic carbocycles. The predicted octanol–water partition coefficient (Wildman–Crippen LogP) is 28.1. The summed E-state index contributed by atoms with van der Waals surface area (Å²) in [4.78, 5) is 0. The Bertz CT molecular complexity index is 4570. The van der Waals surface area contributed by atoms with Crippen molar-refractivity contribution in [3.8, 4) is 11.1 Å². The van der Waals surface area contributed by atoms with Crippen LogP contribution in [0.2, 0.25) is 0 Å². The third kappa shape index (κ3) is 14.3. The summed E-state index contributed by atoms with van der Waals surface area (Å²) in [5.41, 5.74) is 76.3. The van der Waals surface area contributed by atoms with Gasteiger partial charge >= 0.3 is 0 Å². The van der Waals surface area contributed by atoms with Crippen LogP contribution in [0.3, 0.4) is 0 Å². The fourth-order valence-electron chi connectivity index (χ4n) is 20.8. The summed E-state index contributed by atoms with van der Waals surface area (Å²) in [6.07, 6.45) is 3.66. The second-order valence-corrected chi connectivity index (χ2v) is 44.8. The highest BCUT2D eigenvalue weighted by Crippen LogP contribution is 2.59. The van der Waals surface area contributed by atoms with Crippen LogP contribution in [0.1, 0.15) is 278 Å². The minimum atomic E-state index is -1.09. The Morgan fingerprint density at radius 1 is 0.0965 bits per heavy atom.